The van der Waals surface area contributed by atoms with Crippen LogP contribution in [0.3, 0.4) is 0 Å². The number of ether oxygens (including phenoxy) is 2. The van der Waals surface area contributed by atoms with Crippen molar-refractivity contribution in [1.29, 1.82) is 0 Å². The molecule has 1 aromatic heterocycles. The summed E-state index contributed by atoms with van der Waals surface area (Å²) in [5, 5.41) is 16.5. The van der Waals surface area contributed by atoms with Crippen LogP contribution in [0.15, 0.2) is 30.5 Å². The third-order valence-electron chi connectivity index (χ3n) is 3.90. The van der Waals surface area contributed by atoms with E-state index in [1.165, 1.54) is 4.90 Å². The molecular formula is C19H28N4O4. The largest absolute Gasteiger partial charge is 0.490 e. The summed E-state index contributed by atoms with van der Waals surface area (Å²) in [7, 11) is 3.39. The van der Waals surface area contributed by atoms with Gasteiger partial charge in [-0.2, -0.15) is 5.10 Å². The van der Waals surface area contributed by atoms with Crippen LogP contribution in [0.1, 0.15) is 19.4 Å². The average Bonchev–Trinajstić information content (AvgIpc) is 3.08. The lowest BCUT2D eigenvalue weighted by molar-refractivity contribution is -0.135. The predicted octanol–water partition coefficient (Wildman–Crippen LogP) is 1.74. The van der Waals surface area contributed by atoms with Gasteiger partial charge in [-0.15, -0.1) is 0 Å². The molecule has 2 aromatic rings. The Kier molecular flexibility index (Phi) is 7.48. The Bertz CT molecular complexity index is 745. The fourth-order valence-corrected chi connectivity index (χ4v) is 2.58. The molecule has 1 unspecified atom stereocenters. The molecule has 2 N–H and O–H groups in total. The van der Waals surface area contributed by atoms with Crippen LogP contribution in [0.4, 0.5) is 5.82 Å². The molecule has 0 spiro atoms. The Labute approximate surface area is 159 Å². The molecule has 8 heteroatoms. The second-order valence-corrected chi connectivity index (χ2v) is 6.22. The number of aliphatic hydroxyl groups is 1. The molecular weight excluding hydrogens is 348 g/mol. The van der Waals surface area contributed by atoms with Crippen molar-refractivity contribution >= 4 is 11.7 Å². The van der Waals surface area contributed by atoms with Gasteiger partial charge in [-0.3, -0.25) is 4.79 Å². The van der Waals surface area contributed by atoms with Crippen LogP contribution < -0.4 is 14.8 Å². The van der Waals surface area contributed by atoms with E-state index < -0.39 is 6.10 Å². The maximum atomic E-state index is 12.0. The monoisotopic (exact) mass is 376 g/mol. The zero-order valence-electron chi connectivity index (χ0n) is 16.3. The number of anilines is 1. The molecule has 0 saturated heterocycles. The SMILES string of the molecule is CCOc1cc(CNc2ccnn2CCO)ccc1OC(C)C(=O)N(C)C. The maximum Gasteiger partial charge on any atom is 0.262 e. The topological polar surface area (TPSA) is 88.9 Å². The Balaban J connectivity index is 2.09. The van der Waals surface area contributed by atoms with E-state index in [2.05, 4.69) is 10.4 Å². The number of nitrogens with one attached hydrogen (secondary N) is 1. The molecule has 0 saturated carbocycles. The quantitative estimate of drug-likeness (QED) is 0.657. The second-order valence-electron chi connectivity index (χ2n) is 6.22. The summed E-state index contributed by atoms with van der Waals surface area (Å²) in [5.74, 6) is 1.85. The molecule has 0 fully saturated rings. The molecule has 1 atom stereocenters. The van der Waals surface area contributed by atoms with Gasteiger partial charge in [0, 0.05) is 26.7 Å². The van der Waals surface area contributed by atoms with Crippen LogP contribution in [0.2, 0.25) is 0 Å². The molecule has 8 nitrogen and oxygen atoms in total. The lowest BCUT2D eigenvalue weighted by Gasteiger charge is -2.20. The van der Waals surface area contributed by atoms with Gasteiger partial charge in [0.05, 0.1) is 26.0 Å². The fraction of sp³-hybridized carbons (Fsp3) is 0.474. The number of rotatable bonds is 10. The number of amides is 1. The van der Waals surface area contributed by atoms with Crippen LogP contribution >= 0.6 is 0 Å². The highest BCUT2D eigenvalue weighted by Gasteiger charge is 2.18. The highest BCUT2D eigenvalue weighted by atomic mass is 16.5. The minimum Gasteiger partial charge on any atom is -0.490 e. The van der Waals surface area contributed by atoms with E-state index in [4.69, 9.17) is 14.6 Å². The normalized spacial score (nSPS) is 11.7. The van der Waals surface area contributed by atoms with E-state index in [1.54, 1.807) is 31.9 Å². The highest BCUT2D eigenvalue weighted by Crippen LogP contribution is 2.30. The van der Waals surface area contributed by atoms with Crippen LogP contribution in [-0.4, -0.2) is 59.1 Å². The summed E-state index contributed by atoms with van der Waals surface area (Å²) in [6.45, 7) is 5.13. The molecule has 0 bridgehead atoms. The second kappa shape index (κ2) is 9.82. The van der Waals surface area contributed by atoms with Crippen molar-refractivity contribution in [3.8, 4) is 11.5 Å². The minimum absolute atomic E-state index is 0.0285. The van der Waals surface area contributed by atoms with E-state index in [9.17, 15) is 4.79 Å². The van der Waals surface area contributed by atoms with Gasteiger partial charge in [-0.1, -0.05) is 6.07 Å². The van der Waals surface area contributed by atoms with E-state index in [0.29, 0.717) is 31.2 Å². The maximum absolute atomic E-state index is 12.0. The molecule has 148 valence electrons. The third kappa shape index (κ3) is 5.62. The predicted molar refractivity (Wildman–Crippen MR) is 103 cm³/mol. The van der Waals surface area contributed by atoms with Crippen molar-refractivity contribution in [2.24, 2.45) is 0 Å². The first-order chi connectivity index (χ1) is 13.0. The number of aromatic nitrogens is 2. The first-order valence-electron chi connectivity index (χ1n) is 8.96. The van der Waals surface area contributed by atoms with Crippen molar-refractivity contribution in [3.63, 3.8) is 0 Å². The van der Waals surface area contributed by atoms with Gasteiger partial charge in [0.1, 0.15) is 5.82 Å². The first-order valence-corrected chi connectivity index (χ1v) is 8.96. The lowest BCUT2D eigenvalue weighted by Crippen LogP contribution is -2.35. The van der Waals surface area contributed by atoms with Crippen molar-refractivity contribution in [2.75, 3.05) is 32.6 Å². The summed E-state index contributed by atoms with van der Waals surface area (Å²) >= 11 is 0. The van der Waals surface area contributed by atoms with Crippen molar-refractivity contribution < 1.29 is 19.4 Å². The zero-order chi connectivity index (χ0) is 19.8. The van der Waals surface area contributed by atoms with Crippen molar-refractivity contribution in [3.05, 3.63) is 36.0 Å². The van der Waals surface area contributed by atoms with Gasteiger partial charge in [0.25, 0.3) is 5.91 Å². The number of carbonyl (C=O) groups excluding carboxylic acids is 1. The molecule has 0 radical (unpaired) electrons. The lowest BCUT2D eigenvalue weighted by atomic mass is 10.2. The zero-order valence-corrected chi connectivity index (χ0v) is 16.3. The van der Waals surface area contributed by atoms with Gasteiger partial charge in [-0.05, 0) is 31.5 Å². The molecule has 1 heterocycles. The Morgan fingerprint density at radius 1 is 1.33 bits per heavy atom. The summed E-state index contributed by atoms with van der Waals surface area (Å²) in [6.07, 6.45) is 1.08. The number of hydrogen-bond donors (Lipinski definition) is 2. The number of likely N-dealkylation sites (N-methyl/N-ethyl adjacent to an activating group) is 1. The molecule has 27 heavy (non-hydrogen) atoms. The van der Waals surface area contributed by atoms with Crippen LogP contribution in [0, 0.1) is 0 Å². The minimum atomic E-state index is -0.601. The average molecular weight is 376 g/mol. The standard InChI is InChI=1S/C19H28N4O4/c1-5-26-17-12-15(13-20-18-8-9-21-23(18)10-11-24)6-7-16(17)27-14(2)19(25)22(3)4/h6-9,12,14,20,24H,5,10-11,13H2,1-4H3. The summed E-state index contributed by atoms with van der Waals surface area (Å²) in [6, 6.07) is 7.48. The van der Waals surface area contributed by atoms with Gasteiger partial charge in [0.2, 0.25) is 0 Å². The van der Waals surface area contributed by atoms with Crippen molar-refractivity contribution in [2.45, 2.75) is 33.0 Å². The van der Waals surface area contributed by atoms with Crippen molar-refractivity contribution in [1.82, 2.24) is 14.7 Å². The van der Waals surface area contributed by atoms with Gasteiger partial charge < -0.3 is 24.8 Å². The van der Waals surface area contributed by atoms with E-state index in [0.717, 1.165) is 11.4 Å². The van der Waals surface area contributed by atoms with Gasteiger partial charge >= 0.3 is 0 Å². The molecule has 0 aliphatic rings. The summed E-state index contributed by atoms with van der Waals surface area (Å²) in [5.41, 5.74) is 0.995. The van der Waals surface area contributed by atoms with Gasteiger partial charge in [-0.25, -0.2) is 4.68 Å². The van der Waals surface area contributed by atoms with E-state index in [-0.39, 0.29) is 12.5 Å². The third-order valence-corrected chi connectivity index (χ3v) is 3.90. The van der Waals surface area contributed by atoms with Gasteiger partial charge in [0.15, 0.2) is 17.6 Å². The van der Waals surface area contributed by atoms with E-state index >= 15 is 0 Å². The van der Waals surface area contributed by atoms with Crippen LogP contribution in [0.25, 0.3) is 0 Å². The number of nitrogens with zero attached hydrogens (tertiary/aromatic N) is 3. The number of hydrogen-bond acceptors (Lipinski definition) is 6. The molecule has 0 aliphatic heterocycles. The van der Waals surface area contributed by atoms with E-state index in [1.807, 2.05) is 31.2 Å². The Hall–Kier alpha value is -2.74. The van der Waals surface area contributed by atoms with Crippen LogP contribution in [-0.2, 0) is 17.9 Å². The molecule has 1 aromatic carbocycles. The summed E-state index contributed by atoms with van der Waals surface area (Å²) in [4.78, 5) is 13.5. The molecule has 0 aliphatic carbocycles. The first kappa shape index (κ1) is 20.6. The number of benzene rings is 1. The Morgan fingerprint density at radius 2 is 2.11 bits per heavy atom. The number of carbonyl (C=O) groups is 1. The van der Waals surface area contributed by atoms with Crippen LogP contribution in [0.5, 0.6) is 11.5 Å². The molecule has 2 rings (SSSR count). The highest BCUT2D eigenvalue weighted by molar-refractivity contribution is 5.80. The Morgan fingerprint density at radius 3 is 2.78 bits per heavy atom. The molecule has 1 amide bonds. The fourth-order valence-electron chi connectivity index (χ4n) is 2.58. The number of aliphatic hydroxyl groups excluding tert-OH is 1. The smallest absolute Gasteiger partial charge is 0.262 e. The summed E-state index contributed by atoms with van der Waals surface area (Å²) < 4.78 is 13.2.